The Balaban J connectivity index is 1.91. The molecule has 1 atom stereocenters. The van der Waals surface area contributed by atoms with Gasteiger partial charge in [0.15, 0.2) is 0 Å². The molecule has 2 rings (SSSR count). The van der Waals surface area contributed by atoms with Gasteiger partial charge >= 0.3 is 5.97 Å². The first-order chi connectivity index (χ1) is 10.6. The third-order valence-corrected chi connectivity index (χ3v) is 3.26. The molecule has 5 nitrogen and oxygen atoms in total. The standard InChI is InChI=1S/C16H17ClN2O3/c1-2-22-16(21)12-5-8-15(18-9-12)19-10-14(20)11-3-6-13(17)7-4-11/h3-9,14,20H,2,10H2,1H3,(H,18,19)/t14-/m1/s1. The summed E-state index contributed by atoms with van der Waals surface area (Å²) in [5.41, 5.74) is 1.16. The molecule has 6 heteroatoms. The summed E-state index contributed by atoms with van der Waals surface area (Å²) in [6, 6.07) is 10.3. The zero-order valence-electron chi connectivity index (χ0n) is 12.1. The normalized spacial score (nSPS) is 11.8. The molecule has 2 aromatic rings. The number of aliphatic hydroxyl groups is 1. The number of carbonyl (C=O) groups excluding carboxylic acids is 1. The fraction of sp³-hybridized carbons (Fsp3) is 0.250. The number of rotatable bonds is 6. The summed E-state index contributed by atoms with van der Waals surface area (Å²) in [6.07, 6.45) is 0.762. The average molecular weight is 321 g/mol. The van der Waals surface area contributed by atoms with Gasteiger partial charge < -0.3 is 15.2 Å². The minimum atomic E-state index is -0.677. The van der Waals surface area contributed by atoms with Crippen LogP contribution in [0.15, 0.2) is 42.6 Å². The minimum Gasteiger partial charge on any atom is -0.462 e. The Kier molecular flexibility index (Phi) is 5.75. The van der Waals surface area contributed by atoms with Crippen molar-refractivity contribution >= 4 is 23.4 Å². The molecule has 0 radical (unpaired) electrons. The molecule has 0 aliphatic heterocycles. The molecule has 0 bridgehead atoms. The lowest BCUT2D eigenvalue weighted by atomic mass is 10.1. The van der Waals surface area contributed by atoms with Gasteiger partial charge in [-0.15, -0.1) is 0 Å². The Morgan fingerprint density at radius 3 is 2.64 bits per heavy atom. The van der Waals surface area contributed by atoms with Crippen molar-refractivity contribution in [3.63, 3.8) is 0 Å². The molecule has 0 aliphatic rings. The summed E-state index contributed by atoms with van der Waals surface area (Å²) >= 11 is 5.81. The molecule has 0 saturated heterocycles. The number of nitrogens with one attached hydrogen (secondary N) is 1. The van der Waals surface area contributed by atoms with E-state index < -0.39 is 12.1 Å². The van der Waals surface area contributed by atoms with Crippen molar-refractivity contribution in [1.82, 2.24) is 4.98 Å². The smallest absolute Gasteiger partial charge is 0.339 e. The largest absolute Gasteiger partial charge is 0.462 e. The van der Waals surface area contributed by atoms with E-state index in [9.17, 15) is 9.90 Å². The SMILES string of the molecule is CCOC(=O)c1ccc(NC[C@@H](O)c2ccc(Cl)cc2)nc1. The van der Waals surface area contributed by atoms with E-state index in [1.165, 1.54) is 6.20 Å². The number of ether oxygens (including phenoxy) is 1. The number of halogens is 1. The monoisotopic (exact) mass is 320 g/mol. The second kappa shape index (κ2) is 7.77. The molecule has 0 unspecified atom stereocenters. The van der Waals surface area contributed by atoms with Gasteiger partial charge in [-0.3, -0.25) is 0 Å². The van der Waals surface area contributed by atoms with E-state index in [1.807, 2.05) is 0 Å². The number of anilines is 1. The highest BCUT2D eigenvalue weighted by Gasteiger charge is 2.09. The molecule has 0 fully saturated rings. The molecule has 116 valence electrons. The second-order valence-corrected chi connectivity index (χ2v) is 5.04. The summed E-state index contributed by atoms with van der Waals surface area (Å²) in [5, 5.41) is 13.7. The fourth-order valence-corrected chi connectivity index (χ4v) is 1.96. The fourth-order valence-electron chi connectivity index (χ4n) is 1.84. The second-order valence-electron chi connectivity index (χ2n) is 4.60. The number of aliphatic hydroxyl groups excluding tert-OH is 1. The van der Waals surface area contributed by atoms with Crippen LogP contribution >= 0.6 is 11.6 Å². The van der Waals surface area contributed by atoms with Crippen molar-refractivity contribution in [2.24, 2.45) is 0 Å². The maximum atomic E-state index is 11.5. The quantitative estimate of drug-likeness (QED) is 0.800. The predicted octanol–water partition coefficient (Wildman–Crippen LogP) is 3.06. The number of hydrogen-bond donors (Lipinski definition) is 2. The van der Waals surface area contributed by atoms with Crippen LogP contribution in [-0.2, 0) is 4.74 Å². The van der Waals surface area contributed by atoms with Gasteiger partial charge in [0.25, 0.3) is 0 Å². The van der Waals surface area contributed by atoms with Crippen LogP contribution < -0.4 is 5.32 Å². The van der Waals surface area contributed by atoms with Gasteiger partial charge in [-0.2, -0.15) is 0 Å². The summed E-state index contributed by atoms with van der Waals surface area (Å²) < 4.78 is 4.88. The molecule has 0 saturated carbocycles. The van der Waals surface area contributed by atoms with Crippen molar-refractivity contribution in [1.29, 1.82) is 0 Å². The van der Waals surface area contributed by atoms with Crippen LogP contribution in [0, 0.1) is 0 Å². The number of nitrogens with zero attached hydrogens (tertiary/aromatic N) is 1. The Labute approximate surface area is 133 Å². The molecular weight excluding hydrogens is 304 g/mol. The van der Waals surface area contributed by atoms with E-state index in [0.29, 0.717) is 29.6 Å². The van der Waals surface area contributed by atoms with Crippen LogP contribution in [0.1, 0.15) is 28.9 Å². The first-order valence-electron chi connectivity index (χ1n) is 6.90. The first kappa shape index (κ1) is 16.3. The maximum absolute atomic E-state index is 11.5. The molecule has 0 spiro atoms. The maximum Gasteiger partial charge on any atom is 0.339 e. The van der Waals surface area contributed by atoms with Crippen LogP contribution in [0.2, 0.25) is 5.02 Å². The van der Waals surface area contributed by atoms with Crippen molar-refractivity contribution in [2.75, 3.05) is 18.5 Å². The third kappa shape index (κ3) is 4.44. The zero-order valence-corrected chi connectivity index (χ0v) is 12.9. The highest BCUT2D eigenvalue weighted by atomic mass is 35.5. The summed E-state index contributed by atoms with van der Waals surface area (Å²) in [6.45, 7) is 2.37. The van der Waals surface area contributed by atoms with Crippen LogP contribution in [0.3, 0.4) is 0 Å². The van der Waals surface area contributed by atoms with Crippen LogP contribution in [0.4, 0.5) is 5.82 Å². The van der Waals surface area contributed by atoms with Crippen LogP contribution in [0.5, 0.6) is 0 Å². The number of esters is 1. The topological polar surface area (TPSA) is 71.5 Å². The van der Waals surface area contributed by atoms with Gasteiger partial charge in [0.1, 0.15) is 5.82 Å². The highest BCUT2D eigenvalue weighted by molar-refractivity contribution is 6.30. The van der Waals surface area contributed by atoms with E-state index in [0.717, 1.165) is 5.56 Å². The number of carbonyl (C=O) groups is 1. The number of hydrogen-bond acceptors (Lipinski definition) is 5. The van der Waals surface area contributed by atoms with Gasteiger partial charge in [-0.05, 0) is 36.8 Å². The van der Waals surface area contributed by atoms with E-state index in [2.05, 4.69) is 10.3 Å². The highest BCUT2D eigenvalue weighted by Crippen LogP contribution is 2.17. The first-order valence-corrected chi connectivity index (χ1v) is 7.28. The minimum absolute atomic E-state index is 0.299. The van der Waals surface area contributed by atoms with Crippen LogP contribution in [0.25, 0.3) is 0 Å². The van der Waals surface area contributed by atoms with Crippen molar-refractivity contribution in [3.8, 4) is 0 Å². The van der Waals surface area contributed by atoms with Gasteiger partial charge in [0, 0.05) is 17.8 Å². The molecule has 0 aliphatic carbocycles. The van der Waals surface area contributed by atoms with E-state index in [-0.39, 0.29) is 0 Å². The molecule has 2 N–H and O–H groups in total. The van der Waals surface area contributed by atoms with Crippen LogP contribution in [-0.4, -0.2) is 29.2 Å². The van der Waals surface area contributed by atoms with E-state index >= 15 is 0 Å². The van der Waals surface area contributed by atoms with E-state index in [1.54, 1.807) is 43.3 Å². The lowest BCUT2D eigenvalue weighted by Gasteiger charge is -2.13. The summed E-state index contributed by atoms with van der Waals surface area (Å²) in [5.74, 6) is 0.170. The van der Waals surface area contributed by atoms with Crippen molar-refractivity contribution in [3.05, 3.63) is 58.7 Å². The average Bonchev–Trinajstić information content (AvgIpc) is 2.54. The van der Waals surface area contributed by atoms with Gasteiger partial charge in [-0.25, -0.2) is 9.78 Å². The van der Waals surface area contributed by atoms with E-state index in [4.69, 9.17) is 16.3 Å². The molecule has 1 aromatic heterocycles. The lowest BCUT2D eigenvalue weighted by molar-refractivity contribution is 0.0526. The summed E-state index contributed by atoms with van der Waals surface area (Å²) in [7, 11) is 0. The van der Waals surface area contributed by atoms with Gasteiger partial charge in [0.05, 0.1) is 18.3 Å². The molecule has 0 amide bonds. The summed E-state index contributed by atoms with van der Waals surface area (Å²) in [4.78, 5) is 15.6. The van der Waals surface area contributed by atoms with Crippen molar-refractivity contribution < 1.29 is 14.6 Å². The Morgan fingerprint density at radius 1 is 1.32 bits per heavy atom. The Morgan fingerprint density at radius 2 is 2.05 bits per heavy atom. The molecule has 1 heterocycles. The molecular formula is C16H17ClN2O3. The third-order valence-electron chi connectivity index (χ3n) is 3.01. The van der Waals surface area contributed by atoms with Crippen molar-refractivity contribution in [2.45, 2.75) is 13.0 Å². The number of benzene rings is 1. The molecule has 1 aromatic carbocycles. The van der Waals surface area contributed by atoms with Gasteiger partial charge in [0.2, 0.25) is 0 Å². The number of aromatic nitrogens is 1. The number of pyridine rings is 1. The predicted molar refractivity (Wildman–Crippen MR) is 85.1 cm³/mol. The van der Waals surface area contributed by atoms with Gasteiger partial charge in [-0.1, -0.05) is 23.7 Å². The Bertz CT molecular complexity index is 614. The Hall–Kier alpha value is -2.11. The molecule has 22 heavy (non-hydrogen) atoms. The zero-order chi connectivity index (χ0) is 15.9. The lowest BCUT2D eigenvalue weighted by Crippen LogP contribution is -2.13.